The van der Waals surface area contributed by atoms with Crippen molar-refractivity contribution in [3.8, 4) is 21.8 Å². The van der Waals surface area contributed by atoms with Crippen LogP contribution in [0.2, 0.25) is 0 Å². The minimum atomic E-state index is -0.182. The molecule has 6 heteroatoms. The molecular formula is C25H19N3OS2. The zero-order valence-electron chi connectivity index (χ0n) is 17.0. The van der Waals surface area contributed by atoms with E-state index in [9.17, 15) is 4.79 Å². The molecular weight excluding hydrogens is 422 g/mol. The molecule has 3 aromatic heterocycles. The van der Waals surface area contributed by atoms with Gasteiger partial charge in [0.25, 0.3) is 5.91 Å². The van der Waals surface area contributed by atoms with Gasteiger partial charge in [0.15, 0.2) is 5.13 Å². The van der Waals surface area contributed by atoms with Crippen molar-refractivity contribution in [3.63, 3.8) is 0 Å². The van der Waals surface area contributed by atoms with Crippen molar-refractivity contribution in [3.05, 3.63) is 88.1 Å². The lowest BCUT2D eigenvalue weighted by Crippen LogP contribution is -2.13. The fourth-order valence-corrected chi connectivity index (χ4v) is 5.03. The Kier molecular flexibility index (Phi) is 5.10. The summed E-state index contributed by atoms with van der Waals surface area (Å²) >= 11 is 3.04. The fourth-order valence-electron chi connectivity index (χ4n) is 3.63. The zero-order valence-corrected chi connectivity index (χ0v) is 18.7. The highest BCUT2D eigenvalue weighted by atomic mass is 32.1. The average molecular weight is 442 g/mol. The highest BCUT2D eigenvalue weighted by Crippen LogP contribution is 2.30. The van der Waals surface area contributed by atoms with Crippen LogP contribution in [0.5, 0.6) is 0 Å². The molecule has 0 aliphatic carbocycles. The number of carbonyl (C=O) groups excluding carboxylic acids is 1. The van der Waals surface area contributed by atoms with Crippen LogP contribution in [0.15, 0.2) is 71.4 Å². The first-order valence-electron chi connectivity index (χ1n) is 9.86. The maximum atomic E-state index is 13.2. The molecule has 3 heterocycles. The summed E-state index contributed by atoms with van der Waals surface area (Å²) in [6, 6.07) is 19.9. The van der Waals surface area contributed by atoms with Gasteiger partial charge >= 0.3 is 0 Å². The number of thiazole rings is 1. The maximum Gasteiger partial charge on any atom is 0.258 e. The van der Waals surface area contributed by atoms with Crippen LogP contribution in [0, 0.1) is 13.8 Å². The lowest BCUT2D eigenvalue weighted by atomic mass is 10.0. The second-order valence-corrected chi connectivity index (χ2v) is 9.17. The van der Waals surface area contributed by atoms with Crippen molar-refractivity contribution in [2.75, 3.05) is 5.32 Å². The van der Waals surface area contributed by atoms with Gasteiger partial charge in [-0.3, -0.25) is 10.1 Å². The molecule has 0 aliphatic rings. The molecule has 152 valence electrons. The third kappa shape index (κ3) is 3.87. The summed E-state index contributed by atoms with van der Waals surface area (Å²) in [5.41, 5.74) is 6.54. The molecule has 4 nitrogen and oxygen atoms in total. The van der Waals surface area contributed by atoms with Crippen LogP contribution >= 0.6 is 22.7 Å². The Labute approximate surface area is 188 Å². The maximum absolute atomic E-state index is 13.2. The molecule has 0 bridgehead atoms. The first kappa shape index (κ1) is 19.6. The number of thiophene rings is 1. The predicted octanol–water partition coefficient (Wildman–Crippen LogP) is 6.96. The Bertz CT molecular complexity index is 1400. The SMILES string of the molecule is Cc1ccc(-c2csc(NC(=O)c3cc(-c4cccs4)nc4ccccc34)n2)c(C)c1. The standard InChI is InChI=1S/C25H19N3OS2/c1-15-9-10-17(16(2)12-15)22-14-31-25(27-22)28-24(29)19-13-21(23-8-5-11-30-23)26-20-7-4-3-6-18(19)20/h3-14H,1-2H3,(H,27,28,29). The number of nitrogens with zero attached hydrogens (tertiary/aromatic N) is 2. The van der Waals surface area contributed by atoms with Gasteiger partial charge in [-0.2, -0.15) is 0 Å². The second-order valence-electron chi connectivity index (χ2n) is 7.36. The summed E-state index contributed by atoms with van der Waals surface area (Å²) in [7, 11) is 0. The number of hydrogen-bond donors (Lipinski definition) is 1. The number of carbonyl (C=O) groups is 1. The fraction of sp³-hybridized carbons (Fsp3) is 0.0800. The van der Waals surface area contributed by atoms with Gasteiger partial charge < -0.3 is 0 Å². The molecule has 2 aromatic carbocycles. The zero-order chi connectivity index (χ0) is 21.4. The highest BCUT2D eigenvalue weighted by Gasteiger charge is 2.16. The van der Waals surface area contributed by atoms with E-state index in [0.717, 1.165) is 32.7 Å². The van der Waals surface area contributed by atoms with Crippen LogP contribution in [0.3, 0.4) is 0 Å². The average Bonchev–Trinajstić information content (AvgIpc) is 3.45. The van der Waals surface area contributed by atoms with Crippen LogP contribution in [0.4, 0.5) is 5.13 Å². The molecule has 1 amide bonds. The molecule has 0 spiro atoms. The van der Waals surface area contributed by atoms with Gasteiger partial charge in [0.2, 0.25) is 0 Å². The molecule has 0 saturated carbocycles. The Morgan fingerprint density at radius 1 is 0.903 bits per heavy atom. The molecule has 0 radical (unpaired) electrons. The van der Waals surface area contributed by atoms with E-state index in [0.29, 0.717) is 10.7 Å². The first-order chi connectivity index (χ1) is 15.1. The summed E-state index contributed by atoms with van der Waals surface area (Å²) in [5.74, 6) is -0.182. The number of amides is 1. The van der Waals surface area contributed by atoms with Crippen LogP contribution in [0.1, 0.15) is 21.5 Å². The first-order valence-corrected chi connectivity index (χ1v) is 11.6. The van der Waals surface area contributed by atoms with Crippen LogP contribution < -0.4 is 5.32 Å². The summed E-state index contributed by atoms with van der Waals surface area (Å²) in [5, 5.41) is 8.39. The Morgan fingerprint density at radius 2 is 1.77 bits per heavy atom. The smallest absolute Gasteiger partial charge is 0.258 e. The van der Waals surface area contributed by atoms with E-state index in [1.165, 1.54) is 22.5 Å². The topological polar surface area (TPSA) is 54.9 Å². The number of para-hydroxylation sites is 1. The van der Waals surface area contributed by atoms with Gasteiger partial charge in [-0.1, -0.05) is 48.0 Å². The number of benzene rings is 2. The molecule has 31 heavy (non-hydrogen) atoms. The van der Waals surface area contributed by atoms with Crippen molar-refractivity contribution in [2.24, 2.45) is 0 Å². The number of anilines is 1. The van der Waals surface area contributed by atoms with Gasteiger partial charge in [0, 0.05) is 16.3 Å². The lowest BCUT2D eigenvalue weighted by Gasteiger charge is -2.09. The predicted molar refractivity (Wildman–Crippen MR) is 130 cm³/mol. The lowest BCUT2D eigenvalue weighted by molar-refractivity contribution is 0.102. The number of pyridine rings is 1. The Morgan fingerprint density at radius 3 is 2.58 bits per heavy atom. The van der Waals surface area contributed by atoms with Crippen molar-refractivity contribution in [1.82, 2.24) is 9.97 Å². The summed E-state index contributed by atoms with van der Waals surface area (Å²) < 4.78 is 0. The van der Waals surface area contributed by atoms with E-state index in [-0.39, 0.29) is 5.91 Å². The minimum absolute atomic E-state index is 0.182. The van der Waals surface area contributed by atoms with Crippen LogP contribution in [-0.4, -0.2) is 15.9 Å². The van der Waals surface area contributed by atoms with E-state index in [2.05, 4.69) is 42.3 Å². The minimum Gasteiger partial charge on any atom is -0.298 e. The van der Waals surface area contributed by atoms with Crippen LogP contribution in [-0.2, 0) is 0 Å². The quantitative estimate of drug-likeness (QED) is 0.328. The largest absolute Gasteiger partial charge is 0.298 e. The third-order valence-corrected chi connectivity index (χ3v) is 6.77. The van der Waals surface area contributed by atoms with Gasteiger partial charge in [0.1, 0.15) is 0 Å². The molecule has 5 aromatic rings. The number of aromatic nitrogens is 2. The van der Waals surface area contributed by atoms with Gasteiger partial charge in [-0.05, 0) is 43.0 Å². The van der Waals surface area contributed by atoms with Crippen LogP contribution in [0.25, 0.3) is 32.7 Å². The normalized spacial score (nSPS) is 11.0. The monoisotopic (exact) mass is 441 g/mol. The summed E-state index contributed by atoms with van der Waals surface area (Å²) in [4.78, 5) is 23.7. The summed E-state index contributed by atoms with van der Waals surface area (Å²) in [6.45, 7) is 4.15. The number of fused-ring (bicyclic) bond motifs is 1. The van der Waals surface area contributed by atoms with Crippen molar-refractivity contribution in [2.45, 2.75) is 13.8 Å². The van der Waals surface area contributed by atoms with Crippen molar-refractivity contribution in [1.29, 1.82) is 0 Å². The van der Waals surface area contributed by atoms with Crippen molar-refractivity contribution >= 4 is 44.6 Å². The second kappa shape index (κ2) is 8.06. The molecule has 0 atom stereocenters. The van der Waals surface area contributed by atoms with Gasteiger partial charge in [-0.25, -0.2) is 9.97 Å². The Hall–Kier alpha value is -3.35. The van der Waals surface area contributed by atoms with E-state index in [1.54, 1.807) is 11.3 Å². The molecule has 1 N–H and O–H groups in total. The van der Waals surface area contributed by atoms with E-state index in [4.69, 9.17) is 4.98 Å². The Balaban J connectivity index is 1.49. The number of hydrogen-bond acceptors (Lipinski definition) is 5. The molecule has 0 aliphatic heterocycles. The number of aryl methyl sites for hydroxylation is 2. The number of rotatable bonds is 4. The molecule has 0 saturated heterocycles. The van der Waals surface area contributed by atoms with Gasteiger partial charge in [-0.15, -0.1) is 22.7 Å². The third-order valence-electron chi connectivity index (χ3n) is 5.12. The molecule has 5 rings (SSSR count). The number of nitrogens with one attached hydrogen (secondary N) is 1. The molecule has 0 unspecified atom stereocenters. The molecule has 0 fully saturated rings. The van der Waals surface area contributed by atoms with Crippen molar-refractivity contribution < 1.29 is 4.79 Å². The van der Waals surface area contributed by atoms with E-state index < -0.39 is 0 Å². The highest BCUT2D eigenvalue weighted by molar-refractivity contribution is 7.14. The van der Waals surface area contributed by atoms with Gasteiger partial charge in [0.05, 0.1) is 27.3 Å². The summed E-state index contributed by atoms with van der Waals surface area (Å²) in [6.07, 6.45) is 0. The van der Waals surface area contributed by atoms with E-state index >= 15 is 0 Å². The van der Waals surface area contributed by atoms with E-state index in [1.807, 2.05) is 53.2 Å².